The summed E-state index contributed by atoms with van der Waals surface area (Å²) >= 11 is 0. The maximum Gasteiger partial charge on any atom is 0.256 e. The Labute approximate surface area is 146 Å². The summed E-state index contributed by atoms with van der Waals surface area (Å²) in [6.45, 7) is 2.48. The number of rotatable bonds is 5. The van der Waals surface area contributed by atoms with Gasteiger partial charge in [-0.05, 0) is 44.0 Å². The van der Waals surface area contributed by atoms with Gasteiger partial charge < -0.3 is 10.1 Å². The Kier molecular flexibility index (Phi) is 4.10. The van der Waals surface area contributed by atoms with Crippen LogP contribution in [-0.2, 0) is 0 Å². The van der Waals surface area contributed by atoms with E-state index in [0.717, 1.165) is 29.4 Å². The lowest BCUT2D eigenvalue weighted by Crippen LogP contribution is -2.14. The first-order valence-corrected chi connectivity index (χ1v) is 8.69. The van der Waals surface area contributed by atoms with Crippen LogP contribution < -0.4 is 10.1 Å². The van der Waals surface area contributed by atoms with Crippen molar-refractivity contribution in [2.75, 3.05) is 11.9 Å². The van der Waals surface area contributed by atoms with Gasteiger partial charge in [0.05, 0.1) is 23.4 Å². The molecule has 1 amide bonds. The Bertz CT molecular complexity index is 932. The maximum atomic E-state index is 13.0. The summed E-state index contributed by atoms with van der Waals surface area (Å²) in [5, 5.41) is 3.87. The highest BCUT2D eigenvalue weighted by Crippen LogP contribution is 2.40. The fraction of sp³-hybridized carbons (Fsp3) is 0.238. The van der Waals surface area contributed by atoms with Gasteiger partial charge in [0.2, 0.25) is 0 Å². The van der Waals surface area contributed by atoms with Crippen LogP contribution in [0.15, 0.2) is 54.6 Å². The number of anilines is 1. The van der Waals surface area contributed by atoms with Crippen molar-refractivity contribution >= 4 is 22.5 Å². The average Bonchev–Trinajstić information content (AvgIpc) is 3.48. The van der Waals surface area contributed by atoms with E-state index in [2.05, 4.69) is 5.32 Å². The smallest absolute Gasteiger partial charge is 0.256 e. The van der Waals surface area contributed by atoms with E-state index in [4.69, 9.17) is 9.72 Å². The molecule has 1 N–H and O–H groups in total. The van der Waals surface area contributed by atoms with Gasteiger partial charge in [-0.1, -0.05) is 30.3 Å². The Morgan fingerprint density at radius 3 is 2.72 bits per heavy atom. The normalized spacial score (nSPS) is 13.6. The van der Waals surface area contributed by atoms with Crippen molar-refractivity contribution in [1.29, 1.82) is 0 Å². The van der Waals surface area contributed by atoms with Crippen molar-refractivity contribution < 1.29 is 9.53 Å². The topological polar surface area (TPSA) is 51.2 Å². The molecule has 25 heavy (non-hydrogen) atoms. The minimum atomic E-state index is -0.132. The number of fused-ring (bicyclic) bond motifs is 1. The monoisotopic (exact) mass is 332 g/mol. The molecule has 126 valence electrons. The molecule has 4 heteroatoms. The molecule has 0 unspecified atom stereocenters. The van der Waals surface area contributed by atoms with Crippen LogP contribution in [0.4, 0.5) is 5.69 Å². The number of ether oxygens (including phenoxy) is 1. The number of amides is 1. The number of para-hydroxylation sites is 3. The summed E-state index contributed by atoms with van der Waals surface area (Å²) < 4.78 is 5.61. The molecule has 0 spiro atoms. The quantitative estimate of drug-likeness (QED) is 0.732. The van der Waals surface area contributed by atoms with Gasteiger partial charge in [0.1, 0.15) is 5.75 Å². The number of benzene rings is 2. The lowest BCUT2D eigenvalue weighted by molar-refractivity contribution is 0.102. The first-order valence-electron chi connectivity index (χ1n) is 8.69. The summed E-state index contributed by atoms with van der Waals surface area (Å²) in [5.74, 6) is 1.04. The molecule has 0 aliphatic heterocycles. The van der Waals surface area contributed by atoms with Crippen LogP contribution in [0.1, 0.15) is 41.7 Å². The van der Waals surface area contributed by atoms with Crippen LogP contribution in [0, 0.1) is 0 Å². The first-order chi connectivity index (χ1) is 12.3. The number of pyridine rings is 1. The fourth-order valence-electron chi connectivity index (χ4n) is 3.01. The molecule has 1 aliphatic rings. The number of carbonyl (C=O) groups excluding carboxylic acids is 1. The second-order valence-electron chi connectivity index (χ2n) is 6.27. The van der Waals surface area contributed by atoms with Gasteiger partial charge in [-0.2, -0.15) is 0 Å². The number of hydrogen-bond donors (Lipinski definition) is 1. The lowest BCUT2D eigenvalue weighted by Gasteiger charge is -2.13. The molecule has 0 bridgehead atoms. The first kappa shape index (κ1) is 15.6. The van der Waals surface area contributed by atoms with Crippen molar-refractivity contribution in [3.8, 4) is 5.75 Å². The van der Waals surface area contributed by atoms with E-state index in [9.17, 15) is 4.79 Å². The van der Waals surface area contributed by atoms with Gasteiger partial charge >= 0.3 is 0 Å². The molecule has 3 aromatic rings. The number of nitrogens with zero attached hydrogens (tertiary/aromatic N) is 1. The lowest BCUT2D eigenvalue weighted by atomic mass is 10.1. The largest absolute Gasteiger partial charge is 0.492 e. The van der Waals surface area contributed by atoms with Gasteiger partial charge in [-0.25, -0.2) is 0 Å². The van der Waals surface area contributed by atoms with Crippen LogP contribution in [0.25, 0.3) is 10.9 Å². The zero-order valence-corrected chi connectivity index (χ0v) is 14.2. The van der Waals surface area contributed by atoms with Crippen LogP contribution in [0.5, 0.6) is 5.75 Å². The van der Waals surface area contributed by atoms with Crippen molar-refractivity contribution in [1.82, 2.24) is 4.98 Å². The van der Waals surface area contributed by atoms with Crippen LogP contribution in [0.2, 0.25) is 0 Å². The van der Waals surface area contributed by atoms with Gasteiger partial charge in [0, 0.05) is 17.0 Å². The number of nitrogens with one attached hydrogen (secondary N) is 1. The average molecular weight is 332 g/mol. The summed E-state index contributed by atoms with van der Waals surface area (Å²) in [6, 6.07) is 17.2. The molecular formula is C21H20N2O2. The molecule has 0 radical (unpaired) electrons. The van der Waals surface area contributed by atoms with E-state index in [1.807, 2.05) is 61.5 Å². The number of aromatic nitrogens is 1. The van der Waals surface area contributed by atoms with Crippen LogP contribution in [-0.4, -0.2) is 17.5 Å². The van der Waals surface area contributed by atoms with Crippen LogP contribution >= 0.6 is 0 Å². The number of carbonyl (C=O) groups is 1. The van der Waals surface area contributed by atoms with Gasteiger partial charge in [-0.3, -0.25) is 9.78 Å². The summed E-state index contributed by atoms with van der Waals surface area (Å²) in [7, 11) is 0. The molecule has 1 heterocycles. The highest BCUT2D eigenvalue weighted by atomic mass is 16.5. The predicted octanol–water partition coefficient (Wildman–Crippen LogP) is 4.76. The van der Waals surface area contributed by atoms with Crippen molar-refractivity contribution in [2.24, 2.45) is 0 Å². The number of hydrogen-bond acceptors (Lipinski definition) is 3. The van der Waals surface area contributed by atoms with E-state index >= 15 is 0 Å². The minimum Gasteiger partial charge on any atom is -0.492 e. The highest BCUT2D eigenvalue weighted by molar-refractivity contribution is 6.12. The third-order valence-electron chi connectivity index (χ3n) is 4.41. The van der Waals surface area contributed by atoms with E-state index in [1.54, 1.807) is 0 Å². The molecule has 0 atom stereocenters. The van der Waals surface area contributed by atoms with Crippen LogP contribution in [0.3, 0.4) is 0 Å². The van der Waals surface area contributed by atoms with E-state index in [1.165, 1.54) is 0 Å². The molecule has 1 aliphatic carbocycles. The van der Waals surface area contributed by atoms with Gasteiger partial charge in [-0.15, -0.1) is 0 Å². The molecule has 1 saturated carbocycles. The highest BCUT2D eigenvalue weighted by Gasteiger charge is 2.27. The molecule has 4 rings (SSSR count). The maximum absolute atomic E-state index is 13.0. The Hall–Kier alpha value is -2.88. The molecule has 4 nitrogen and oxygen atoms in total. The summed E-state index contributed by atoms with van der Waals surface area (Å²) in [4.78, 5) is 17.7. The Morgan fingerprint density at radius 2 is 1.92 bits per heavy atom. The van der Waals surface area contributed by atoms with E-state index in [0.29, 0.717) is 29.5 Å². The minimum absolute atomic E-state index is 0.132. The summed E-state index contributed by atoms with van der Waals surface area (Å²) in [6.07, 6.45) is 2.30. The second-order valence-corrected chi connectivity index (χ2v) is 6.27. The van der Waals surface area contributed by atoms with Crippen molar-refractivity contribution in [2.45, 2.75) is 25.7 Å². The zero-order valence-electron chi connectivity index (χ0n) is 14.2. The Balaban J connectivity index is 1.72. The second kappa shape index (κ2) is 6.55. The van der Waals surface area contributed by atoms with E-state index in [-0.39, 0.29) is 5.91 Å². The van der Waals surface area contributed by atoms with Crippen molar-refractivity contribution in [3.05, 3.63) is 65.9 Å². The standard InChI is InChI=1S/C21H20N2O2/c1-2-25-20-10-6-5-9-18(20)23-21(24)16-13-19(14-11-12-14)22-17-8-4-3-7-15(16)17/h3-10,13-14H,2,11-12H2,1H3,(H,23,24). The molecular weight excluding hydrogens is 312 g/mol. The van der Waals surface area contributed by atoms with E-state index < -0.39 is 0 Å². The molecule has 1 fully saturated rings. The van der Waals surface area contributed by atoms with Gasteiger partial charge in [0.15, 0.2) is 0 Å². The molecule has 2 aromatic carbocycles. The summed E-state index contributed by atoms with van der Waals surface area (Å²) in [5.41, 5.74) is 3.24. The third-order valence-corrected chi connectivity index (χ3v) is 4.41. The molecule has 1 aromatic heterocycles. The van der Waals surface area contributed by atoms with Gasteiger partial charge in [0.25, 0.3) is 5.91 Å². The third kappa shape index (κ3) is 3.20. The Morgan fingerprint density at radius 1 is 1.16 bits per heavy atom. The fourth-order valence-corrected chi connectivity index (χ4v) is 3.01. The SMILES string of the molecule is CCOc1ccccc1NC(=O)c1cc(C2CC2)nc2ccccc12. The molecule has 0 saturated heterocycles. The zero-order chi connectivity index (χ0) is 17.2. The van der Waals surface area contributed by atoms with Crippen molar-refractivity contribution in [3.63, 3.8) is 0 Å². The predicted molar refractivity (Wildman–Crippen MR) is 99.3 cm³/mol.